The predicted molar refractivity (Wildman–Crippen MR) is 84.1 cm³/mol. The minimum Gasteiger partial charge on any atom is -0.399 e. The van der Waals surface area contributed by atoms with Crippen molar-refractivity contribution in [1.29, 1.82) is 5.26 Å². The standard InChI is InChI=1S/C15H19N5O/c1-10(2)9-20(7-3-6-16)15-18-13-5-4-11(17)8-12(13)14(21)19-15/h4-5,8,10H,3,7,9,17H2,1-2H3,(H,18,19,21). The van der Waals surface area contributed by atoms with E-state index in [1.165, 1.54) is 0 Å². The minimum absolute atomic E-state index is 0.215. The van der Waals surface area contributed by atoms with Crippen LogP contribution in [-0.2, 0) is 0 Å². The highest BCUT2D eigenvalue weighted by molar-refractivity contribution is 5.81. The molecule has 0 atom stereocenters. The molecule has 21 heavy (non-hydrogen) atoms. The molecule has 6 nitrogen and oxygen atoms in total. The maximum atomic E-state index is 12.2. The van der Waals surface area contributed by atoms with Crippen LogP contribution in [0.5, 0.6) is 0 Å². The van der Waals surface area contributed by atoms with E-state index in [9.17, 15) is 4.79 Å². The predicted octanol–water partition coefficient (Wildman–Crippen LogP) is 1.88. The van der Waals surface area contributed by atoms with Gasteiger partial charge in [0.15, 0.2) is 0 Å². The Balaban J connectivity index is 2.45. The van der Waals surface area contributed by atoms with E-state index in [4.69, 9.17) is 11.0 Å². The molecular weight excluding hydrogens is 266 g/mol. The number of aromatic nitrogens is 2. The van der Waals surface area contributed by atoms with Gasteiger partial charge in [0, 0.05) is 18.8 Å². The largest absolute Gasteiger partial charge is 0.399 e. The Labute approximate surface area is 123 Å². The van der Waals surface area contributed by atoms with Crippen molar-refractivity contribution in [3.63, 3.8) is 0 Å². The summed E-state index contributed by atoms with van der Waals surface area (Å²) in [6.45, 7) is 5.43. The molecular formula is C15H19N5O. The van der Waals surface area contributed by atoms with E-state index < -0.39 is 0 Å². The van der Waals surface area contributed by atoms with E-state index in [0.717, 1.165) is 6.54 Å². The fourth-order valence-electron chi connectivity index (χ4n) is 2.20. The summed E-state index contributed by atoms with van der Waals surface area (Å²) in [5.41, 5.74) is 6.62. The van der Waals surface area contributed by atoms with Crippen molar-refractivity contribution in [2.24, 2.45) is 5.92 Å². The van der Waals surface area contributed by atoms with Crippen LogP contribution in [0, 0.1) is 17.2 Å². The van der Waals surface area contributed by atoms with Crippen LogP contribution in [0.4, 0.5) is 11.6 Å². The molecule has 110 valence electrons. The van der Waals surface area contributed by atoms with Crippen molar-refractivity contribution in [2.75, 3.05) is 23.7 Å². The molecule has 0 aliphatic heterocycles. The van der Waals surface area contributed by atoms with Crippen LogP contribution in [-0.4, -0.2) is 23.1 Å². The number of nitrogens with two attached hydrogens (primary N) is 1. The molecule has 0 aliphatic rings. The lowest BCUT2D eigenvalue weighted by atomic mass is 10.2. The Hall–Kier alpha value is -2.55. The number of anilines is 2. The van der Waals surface area contributed by atoms with Crippen LogP contribution in [0.3, 0.4) is 0 Å². The lowest BCUT2D eigenvalue weighted by molar-refractivity contribution is 0.602. The Kier molecular flexibility index (Phi) is 4.43. The van der Waals surface area contributed by atoms with Gasteiger partial charge in [-0.25, -0.2) is 4.98 Å². The summed E-state index contributed by atoms with van der Waals surface area (Å²) in [4.78, 5) is 21.4. The zero-order chi connectivity index (χ0) is 15.4. The number of H-pyrrole nitrogens is 1. The van der Waals surface area contributed by atoms with Crippen LogP contribution in [0.15, 0.2) is 23.0 Å². The smallest absolute Gasteiger partial charge is 0.260 e. The molecule has 0 saturated carbocycles. The summed E-state index contributed by atoms with van der Waals surface area (Å²) in [6.07, 6.45) is 0.385. The number of aromatic amines is 1. The van der Waals surface area contributed by atoms with Gasteiger partial charge in [-0.05, 0) is 24.1 Å². The molecule has 0 bridgehead atoms. The van der Waals surface area contributed by atoms with Gasteiger partial charge in [0.05, 0.1) is 23.4 Å². The maximum Gasteiger partial charge on any atom is 0.260 e. The molecule has 3 N–H and O–H groups in total. The highest BCUT2D eigenvalue weighted by Crippen LogP contribution is 2.16. The van der Waals surface area contributed by atoms with E-state index >= 15 is 0 Å². The minimum atomic E-state index is -0.215. The van der Waals surface area contributed by atoms with Crippen molar-refractivity contribution in [3.8, 4) is 6.07 Å². The second kappa shape index (κ2) is 6.27. The molecule has 0 spiro atoms. The van der Waals surface area contributed by atoms with Gasteiger partial charge in [0.25, 0.3) is 5.56 Å². The van der Waals surface area contributed by atoms with Gasteiger partial charge in [0.2, 0.25) is 5.95 Å². The third-order valence-corrected chi connectivity index (χ3v) is 3.10. The molecule has 0 aliphatic carbocycles. The third kappa shape index (κ3) is 3.51. The fraction of sp³-hybridized carbons (Fsp3) is 0.400. The molecule has 0 saturated heterocycles. The first-order valence-electron chi connectivity index (χ1n) is 6.92. The molecule has 1 aromatic carbocycles. The van der Waals surface area contributed by atoms with Crippen molar-refractivity contribution in [2.45, 2.75) is 20.3 Å². The van der Waals surface area contributed by atoms with E-state index in [2.05, 4.69) is 29.9 Å². The summed E-state index contributed by atoms with van der Waals surface area (Å²) >= 11 is 0. The van der Waals surface area contributed by atoms with Gasteiger partial charge < -0.3 is 10.6 Å². The number of nitrogen functional groups attached to an aromatic ring is 1. The summed E-state index contributed by atoms with van der Waals surface area (Å²) < 4.78 is 0. The zero-order valence-corrected chi connectivity index (χ0v) is 12.3. The van der Waals surface area contributed by atoms with Gasteiger partial charge in [-0.3, -0.25) is 9.78 Å². The molecule has 6 heteroatoms. The van der Waals surface area contributed by atoms with Crippen molar-refractivity contribution < 1.29 is 0 Å². The van der Waals surface area contributed by atoms with Gasteiger partial charge in [-0.15, -0.1) is 0 Å². The molecule has 0 fully saturated rings. The summed E-state index contributed by atoms with van der Waals surface area (Å²) in [7, 11) is 0. The monoisotopic (exact) mass is 285 g/mol. The number of nitrogens with one attached hydrogen (secondary N) is 1. The van der Waals surface area contributed by atoms with E-state index in [0.29, 0.717) is 41.4 Å². The summed E-state index contributed by atoms with van der Waals surface area (Å²) in [5, 5.41) is 9.25. The first kappa shape index (κ1) is 14.9. The maximum absolute atomic E-state index is 12.2. The Morgan fingerprint density at radius 2 is 2.24 bits per heavy atom. The second-order valence-corrected chi connectivity index (χ2v) is 5.41. The van der Waals surface area contributed by atoms with E-state index in [-0.39, 0.29) is 5.56 Å². The van der Waals surface area contributed by atoms with Crippen molar-refractivity contribution in [1.82, 2.24) is 9.97 Å². The normalized spacial score (nSPS) is 10.8. The first-order valence-corrected chi connectivity index (χ1v) is 6.92. The lowest BCUT2D eigenvalue weighted by Gasteiger charge is -2.24. The highest BCUT2D eigenvalue weighted by atomic mass is 16.1. The average Bonchev–Trinajstić information content (AvgIpc) is 2.43. The van der Waals surface area contributed by atoms with Crippen molar-refractivity contribution >= 4 is 22.5 Å². The van der Waals surface area contributed by atoms with Crippen LogP contribution < -0.4 is 16.2 Å². The molecule has 2 aromatic rings. The number of nitrogens with zero attached hydrogens (tertiary/aromatic N) is 3. The number of rotatable bonds is 5. The number of hydrogen-bond donors (Lipinski definition) is 2. The second-order valence-electron chi connectivity index (χ2n) is 5.41. The molecule has 1 heterocycles. The fourth-order valence-corrected chi connectivity index (χ4v) is 2.20. The average molecular weight is 285 g/mol. The Morgan fingerprint density at radius 3 is 2.90 bits per heavy atom. The summed E-state index contributed by atoms with van der Waals surface area (Å²) in [6, 6.07) is 7.20. The van der Waals surface area contributed by atoms with E-state index in [1.807, 2.05) is 4.90 Å². The number of nitriles is 1. The van der Waals surface area contributed by atoms with Crippen LogP contribution in [0.1, 0.15) is 20.3 Å². The SMILES string of the molecule is CC(C)CN(CCC#N)c1nc2ccc(N)cc2c(=O)[nH]1. The molecule has 2 rings (SSSR count). The molecule has 0 unspecified atom stereocenters. The Bertz CT molecular complexity index is 729. The zero-order valence-electron chi connectivity index (χ0n) is 12.3. The lowest BCUT2D eigenvalue weighted by Crippen LogP contribution is -2.31. The van der Waals surface area contributed by atoms with Crippen LogP contribution in [0.2, 0.25) is 0 Å². The number of hydrogen-bond acceptors (Lipinski definition) is 5. The molecule has 1 aromatic heterocycles. The highest BCUT2D eigenvalue weighted by Gasteiger charge is 2.13. The summed E-state index contributed by atoms with van der Waals surface area (Å²) in [5.74, 6) is 0.900. The Morgan fingerprint density at radius 1 is 1.48 bits per heavy atom. The van der Waals surface area contributed by atoms with Gasteiger partial charge in [-0.2, -0.15) is 5.26 Å². The molecule has 0 radical (unpaired) electrons. The number of benzene rings is 1. The van der Waals surface area contributed by atoms with Gasteiger partial charge in [0.1, 0.15) is 0 Å². The quantitative estimate of drug-likeness (QED) is 0.817. The van der Waals surface area contributed by atoms with E-state index in [1.54, 1.807) is 18.2 Å². The van der Waals surface area contributed by atoms with Gasteiger partial charge >= 0.3 is 0 Å². The number of fused-ring (bicyclic) bond motifs is 1. The molecule has 0 amide bonds. The first-order chi connectivity index (χ1) is 10.0. The van der Waals surface area contributed by atoms with Gasteiger partial charge in [-0.1, -0.05) is 13.8 Å². The van der Waals surface area contributed by atoms with Crippen LogP contribution >= 0.6 is 0 Å². The third-order valence-electron chi connectivity index (χ3n) is 3.10. The topological polar surface area (TPSA) is 98.8 Å². The van der Waals surface area contributed by atoms with Crippen LogP contribution in [0.25, 0.3) is 10.9 Å². The van der Waals surface area contributed by atoms with Crippen molar-refractivity contribution in [3.05, 3.63) is 28.6 Å².